The van der Waals surface area contributed by atoms with Crippen LogP contribution in [0.15, 0.2) is 127 Å². The molecule has 0 bridgehead atoms. The zero-order valence-corrected chi connectivity index (χ0v) is 63.1. The van der Waals surface area contributed by atoms with E-state index in [-0.39, 0.29) is 69.4 Å². The SMILES string of the molecule is CC(C)(C)[C@H](NC(=S)Nc1cc(C(F)(F)F)cc(C(F)(F)F)c1)C(=O)N1CCC[C@H]1c1ccc(F)cc1.CC(C)(C)[C@H](NC(=S)Nc1cc(C(F)(F)F)cc(C(F)(F)F)c1)C(=O)N1CCC[C@H]1c1ccc(F)cc1.CC(C)(C)[C@H](NC(=S)Nc1cc(C(F)(F)F)cc(C(F)(F)F)c1)C(=O)N1CCC[C@H]1c1ccc(F)cc1. The maximum atomic E-state index is 13.6. The van der Waals surface area contributed by atoms with Gasteiger partial charge in [0.25, 0.3) is 0 Å². The molecule has 0 unspecified atom stereocenters. The average molecular weight is 1650 g/mol. The molecule has 3 fully saturated rings. The highest BCUT2D eigenvalue weighted by atomic mass is 32.1. The molecule has 12 nitrogen and oxygen atoms in total. The second-order valence-electron chi connectivity index (χ2n) is 29.8. The van der Waals surface area contributed by atoms with E-state index in [9.17, 15) is 107 Å². The number of alkyl halides is 18. The number of rotatable bonds is 12. The zero-order chi connectivity index (χ0) is 83.3. The van der Waals surface area contributed by atoms with Crippen molar-refractivity contribution >= 4 is 86.8 Å². The summed E-state index contributed by atoms with van der Waals surface area (Å²) in [5, 5.41) is 14.6. The Balaban J connectivity index is 0.000000231. The first-order valence-corrected chi connectivity index (χ1v) is 35.4. The lowest BCUT2D eigenvalue weighted by molar-refractivity contribution is -0.144. The number of likely N-dealkylation sites (tertiary alicyclic amines) is 3. The van der Waals surface area contributed by atoms with Crippen molar-refractivity contribution < 1.29 is 107 Å². The molecule has 0 aromatic heterocycles. The molecule has 36 heteroatoms. The molecule has 111 heavy (non-hydrogen) atoms. The fraction of sp³-hybridized carbons (Fsp3) is 0.440. The highest BCUT2D eigenvalue weighted by Crippen LogP contribution is 2.44. The third kappa shape index (κ3) is 24.7. The number of thiocarbonyl (C=S) groups is 3. The Bertz CT molecular complexity index is 3760. The molecular formula is C75H78F21N9O3S3. The number of carbonyl (C=O) groups is 3. The van der Waals surface area contributed by atoms with Crippen LogP contribution in [0.4, 0.5) is 109 Å². The van der Waals surface area contributed by atoms with Crippen LogP contribution in [0.2, 0.25) is 0 Å². The molecule has 9 rings (SSSR count). The molecule has 0 spiro atoms. The average Bonchev–Trinajstić information content (AvgIpc) is 1.74. The summed E-state index contributed by atoms with van der Waals surface area (Å²) in [6.07, 6.45) is -26.0. The van der Waals surface area contributed by atoms with Gasteiger partial charge in [0.1, 0.15) is 35.6 Å². The minimum Gasteiger partial charge on any atom is -0.350 e. The van der Waals surface area contributed by atoms with Crippen LogP contribution >= 0.6 is 36.7 Å². The van der Waals surface area contributed by atoms with Crippen LogP contribution in [0.3, 0.4) is 0 Å². The van der Waals surface area contributed by atoms with Crippen molar-refractivity contribution in [2.45, 2.75) is 174 Å². The number of nitrogens with zero attached hydrogens (tertiary/aromatic N) is 3. The zero-order valence-electron chi connectivity index (χ0n) is 60.7. The summed E-state index contributed by atoms with van der Waals surface area (Å²) in [6.45, 7) is 17.0. The predicted octanol–water partition coefficient (Wildman–Crippen LogP) is 20.8. The largest absolute Gasteiger partial charge is 0.416 e. The van der Waals surface area contributed by atoms with E-state index in [1.54, 1.807) is 113 Å². The van der Waals surface area contributed by atoms with E-state index < -0.39 is 139 Å². The number of nitrogens with one attached hydrogen (secondary N) is 6. The van der Waals surface area contributed by atoms with Crippen molar-refractivity contribution in [2.75, 3.05) is 35.6 Å². The van der Waals surface area contributed by atoms with Crippen molar-refractivity contribution in [1.29, 1.82) is 0 Å². The second kappa shape index (κ2) is 34.7. The second-order valence-corrected chi connectivity index (χ2v) is 31.0. The molecule has 3 saturated heterocycles. The van der Waals surface area contributed by atoms with Gasteiger partial charge in [-0.1, -0.05) is 98.7 Å². The van der Waals surface area contributed by atoms with Crippen molar-refractivity contribution in [3.63, 3.8) is 0 Å². The highest BCUT2D eigenvalue weighted by molar-refractivity contribution is 7.81. The van der Waals surface area contributed by atoms with Crippen molar-refractivity contribution in [2.24, 2.45) is 16.2 Å². The van der Waals surface area contributed by atoms with Gasteiger partial charge in [-0.05, 0) is 199 Å². The van der Waals surface area contributed by atoms with Gasteiger partial charge >= 0.3 is 37.1 Å². The molecule has 6 aromatic rings. The normalized spacial score (nSPS) is 17.5. The molecule has 0 aliphatic carbocycles. The van der Waals surface area contributed by atoms with E-state index >= 15 is 0 Å². The van der Waals surface area contributed by atoms with E-state index in [1.807, 2.05) is 0 Å². The Kier molecular flexibility index (Phi) is 28.0. The van der Waals surface area contributed by atoms with Gasteiger partial charge in [0.2, 0.25) is 17.7 Å². The summed E-state index contributed by atoms with van der Waals surface area (Å²) in [7, 11) is 0. The van der Waals surface area contributed by atoms with Gasteiger partial charge in [-0.3, -0.25) is 14.4 Å². The lowest BCUT2D eigenvalue weighted by atomic mass is 9.85. The third-order valence-electron chi connectivity index (χ3n) is 18.1. The summed E-state index contributed by atoms with van der Waals surface area (Å²) >= 11 is 15.6. The van der Waals surface area contributed by atoms with Crippen LogP contribution in [0.5, 0.6) is 0 Å². The van der Waals surface area contributed by atoms with Gasteiger partial charge < -0.3 is 46.6 Å². The first-order valence-electron chi connectivity index (χ1n) is 34.2. The van der Waals surface area contributed by atoms with Crippen LogP contribution in [0, 0.1) is 33.7 Å². The molecule has 606 valence electrons. The van der Waals surface area contributed by atoms with Crippen molar-refractivity contribution in [3.05, 3.63) is 195 Å². The number of halogens is 21. The fourth-order valence-electron chi connectivity index (χ4n) is 12.6. The number of benzene rings is 6. The first-order chi connectivity index (χ1) is 50.9. The summed E-state index contributed by atoms with van der Waals surface area (Å²) in [5.41, 5.74) is -10.4. The number of amides is 3. The predicted molar refractivity (Wildman–Crippen MR) is 387 cm³/mol. The van der Waals surface area contributed by atoms with Crippen LogP contribution < -0.4 is 31.9 Å². The maximum Gasteiger partial charge on any atom is 0.416 e. The Hall–Kier alpha value is -8.67. The maximum absolute atomic E-state index is 13.6. The minimum absolute atomic E-state index is 0.0199. The standard InChI is InChI=1S/3C25H26F7N3OS/c3*1-23(2,3)20(21(36)35-10-4-5-19(35)14-6-8-17(26)9-7-14)34-22(37)33-18-12-15(24(27,28)29)11-16(13-18)25(30,31)32/h3*6-9,11-13,19-20H,4-5,10H2,1-3H3,(H2,33,34,37)/t3*19-,20+/m000/s1. The molecule has 0 saturated carbocycles. The molecule has 6 aromatic carbocycles. The molecule has 6 N–H and O–H groups in total. The topological polar surface area (TPSA) is 133 Å². The third-order valence-corrected chi connectivity index (χ3v) is 18.7. The van der Waals surface area contributed by atoms with Gasteiger partial charge in [-0.25, -0.2) is 13.2 Å². The first kappa shape index (κ1) is 89.5. The molecule has 3 heterocycles. The van der Waals surface area contributed by atoms with E-state index in [0.29, 0.717) is 94.6 Å². The fourth-order valence-corrected chi connectivity index (χ4v) is 13.3. The number of hydrogen-bond acceptors (Lipinski definition) is 6. The molecule has 6 atom stereocenters. The Morgan fingerprint density at radius 3 is 0.667 bits per heavy atom. The van der Waals surface area contributed by atoms with Gasteiger partial charge in [-0.15, -0.1) is 0 Å². The Morgan fingerprint density at radius 1 is 0.324 bits per heavy atom. The number of hydrogen-bond donors (Lipinski definition) is 6. The molecule has 3 aliphatic rings. The van der Waals surface area contributed by atoms with Gasteiger partial charge in [0.05, 0.1) is 51.5 Å². The summed E-state index contributed by atoms with van der Waals surface area (Å²) in [4.78, 5) is 45.7. The Labute approximate surface area is 642 Å². The summed E-state index contributed by atoms with van der Waals surface area (Å²) in [5.74, 6) is -2.26. The molecule has 3 amide bonds. The minimum atomic E-state index is -5.01. The van der Waals surface area contributed by atoms with Crippen LogP contribution in [0.25, 0.3) is 0 Å². The van der Waals surface area contributed by atoms with E-state index in [1.165, 1.54) is 36.4 Å². The van der Waals surface area contributed by atoms with Crippen molar-refractivity contribution in [1.82, 2.24) is 30.7 Å². The smallest absolute Gasteiger partial charge is 0.350 e. The van der Waals surface area contributed by atoms with Crippen LogP contribution in [-0.4, -0.2) is 85.5 Å². The number of anilines is 3. The highest BCUT2D eigenvalue weighted by Gasteiger charge is 2.46. The summed E-state index contributed by atoms with van der Waals surface area (Å²) < 4.78 is 278. The van der Waals surface area contributed by atoms with Gasteiger partial charge in [0, 0.05) is 36.7 Å². The molecular weight excluding hydrogens is 1570 g/mol. The monoisotopic (exact) mass is 1650 g/mol. The summed E-state index contributed by atoms with van der Waals surface area (Å²) in [6, 6.07) is 16.8. The van der Waals surface area contributed by atoms with Crippen LogP contribution in [0.1, 0.15) is 169 Å². The lowest BCUT2D eigenvalue weighted by Gasteiger charge is -2.36. The van der Waals surface area contributed by atoms with Gasteiger partial charge in [-0.2, -0.15) is 79.0 Å². The molecule has 3 aliphatic heterocycles. The van der Waals surface area contributed by atoms with E-state index in [0.717, 1.165) is 16.7 Å². The number of carbonyl (C=O) groups excluding carboxylic acids is 3. The van der Waals surface area contributed by atoms with Gasteiger partial charge in [0.15, 0.2) is 15.3 Å². The lowest BCUT2D eigenvalue weighted by Crippen LogP contribution is -2.55. The van der Waals surface area contributed by atoms with Crippen LogP contribution in [-0.2, 0) is 51.4 Å². The van der Waals surface area contributed by atoms with Crippen molar-refractivity contribution in [3.8, 4) is 0 Å². The van der Waals surface area contributed by atoms with E-state index in [2.05, 4.69) is 31.9 Å². The Morgan fingerprint density at radius 2 is 0.505 bits per heavy atom. The molecule has 0 radical (unpaired) electrons. The quantitative estimate of drug-likeness (QED) is 0.0515. The van der Waals surface area contributed by atoms with E-state index in [4.69, 9.17) is 36.7 Å².